The molecule has 1 aliphatic rings. The van der Waals surface area contributed by atoms with E-state index in [1.54, 1.807) is 0 Å². The highest BCUT2D eigenvalue weighted by Crippen LogP contribution is 2.28. The number of anilines is 1. The van der Waals surface area contributed by atoms with E-state index in [0.29, 0.717) is 0 Å². The van der Waals surface area contributed by atoms with Crippen LogP contribution in [-0.4, -0.2) is 19.6 Å². The SMILES string of the molecule is Cc1ccc2c(c1)CCN2CCCN. The molecular formula is C12H18N2. The summed E-state index contributed by atoms with van der Waals surface area (Å²) in [6.45, 7) is 5.21. The summed E-state index contributed by atoms with van der Waals surface area (Å²) in [5.41, 5.74) is 9.81. The van der Waals surface area contributed by atoms with Crippen molar-refractivity contribution in [3.05, 3.63) is 29.3 Å². The molecule has 0 atom stereocenters. The normalized spacial score (nSPS) is 14.6. The van der Waals surface area contributed by atoms with Crippen LogP contribution in [0.4, 0.5) is 5.69 Å². The Kier molecular flexibility index (Phi) is 2.73. The molecule has 0 aromatic heterocycles. The fourth-order valence-electron chi connectivity index (χ4n) is 2.11. The van der Waals surface area contributed by atoms with Crippen LogP contribution in [0.3, 0.4) is 0 Å². The third-order valence-electron chi connectivity index (χ3n) is 2.86. The number of benzene rings is 1. The van der Waals surface area contributed by atoms with Crippen molar-refractivity contribution >= 4 is 5.69 Å². The van der Waals surface area contributed by atoms with Gasteiger partial charge in [-0.1, -0.05) is 17.7 Å². The maximum Gasteiger partial charge on any atom is 0.0399 e. The van der Waals surface area contributed by atoms with E-state index in [0.717, 1.165) is 19.5 Å². The molecule has 0 fully saturated rings. The first kappa shape index (κ1) is 9.53. The summed E-state index contributed by atoms with van der Waals surface area (Å²) in [4.78, 5) is 2.45. The van der Waals surface area contributed by atoms with Crippen LogP contribution < -0.4 is 10.6 Å². The number of hydrogen-bond acceptors (Lipinski definition) is 2. The lowest BCUT2D eigenvalue weighted by molar-refractivity contribution is 0.759. The largest absolute Gasteiger partial charge is 0.371 e. The van der Waals surface area contributed by atoms with E-state index in [2.05, 4.69) is 30.0 Å². The molecule has 76 valence electrons. The molecule has 1 aromatic carbocycles. The van der Waals surface area contributed by atoms with Crippen molar-refractivity contribution in [2.24, 2.45) is 5.73 Å². The maximum atomic E-state index is 5.52. The van der Waals surface area contributed by atoms with Gasteiger partial charge in [-0.25, -0.2) is 0 Å². The predicted octanol–water partition coefficient (Wildman–Crippen LogP) is 1.71. The van der Waals surface area contributed by atoms with Crippen molar-refractivity contribution in [2.45, 2.75) is 19.8 Å². The summed E-state index contributed by atoms with van der Waals surface area (Å²) in [7, 11) is 0. The van der Waals surface area contributed by atoms with Gasteiger partial charge in [0.2, 0.25) is 0 Å². The summed E-state index contributed by atoms with van der Waals surface area (Å²) < 4.78 is 0. The van der Waals surface area contributed by atoms with Crippen LogP contribution in [-0.2, 0) is 6.42 Å². The van der Waals surface area contributed by atoms with Gasteiger partial charge in [0.15, 0.2) is 0 Å². The lowest BCUT2D eigenvalue weighted by Gasteiger charge is -2.18. The van der Waals surface area contributed by atoms with Gasteiger partial charge < -0.3 is 10.6 Å². The number of nitrogens with two attached hydrogens (primary N) is 1. The molecule has 0 amide bonds. The monoisotopic (exact) mass is 190 g/mol. The van der Waals surface area contributed by atoms with E-state index in [1.165, 1.54) is 29.8 Å². The second-order valence-corrected chi connectivity index (χ2v) is 4.01. The van der Waals surface area contributed by atoms with Crippen LogP contribution in [0.2, 0.25) is 0 Å². The molecular weight excluding hydrogens is 172 g/mol. The van der Waals surface area contributed by atoms with Gasteiger partial charge in [-0.3, -0.25) is 0 Å². The van der Waals surface area contributed by atoms with E-state index < -0.39 is 0 Å². The number of hydrogen-bond donors (Lipinski definition) is 1. The first-order chi connectivity index (χ1) is 6.81. The molecule has 14 heavy (non-hydrogen) atoms. The molecule has 2 rings (SSSR count). The van der Waals surface area contributed by atoms with Gasteiger partial charge in [0.1, 0.15) is 0 Å². The summed E-state index contributed by atoms with van der Waals surface area (Å²) in [5, 5.41) is 0. The number of rotatable bonds is 3. The van der Waals surface area contributed by atoms with Crippen LogP contribution in [0.25, 0.3) is 0 Å². The molecule has 0 spiro atoms. The van der Waals surface area contributed by atoms with Crippen LogP contribution in [0, 0.1) is 6.92 Å². The minimum Gasteiger partial charge on any atom is -0.371 e. The van der Waals surface area contributed by atoms with Gasteiger partial charge in [-0.05, 0) is 37.9 Å². The molecule has 0 aliphatic carbocycles. The van der Waals surface area contributed by atoms with Crippen molar-refractivity contribution in [1.29, 1.82) is 0 Å². The second-order valence-electron chi connectivity index (χ2n) is 4.01. The van der Waals surface area contributed by atoms with Crippen molar-refractivity contribution in [2.75, 3.05) is 24.5 Å². The quantitative estimate of drug-likeness (QED) is 0.786. The van der Waals surface area contributed by atoms with E-state index in [-0.39, 0.29) is 0 Å². The Hall–Kier alpha value is -1.02. The lowest BCUT2D eigenvalue weighted by Crippen LogP contribution is -2.23. The number of fused-ring (bicyclic) bond motifs is 1. The zero-order valence-electron chi connectivity index (χ0n) is 8.79. The molecule has 0 saturated carbocycles. The average molecular weight is 190 g/mol. The first-order valence-corrected chi connectivity index (χ1v) is 5.36. The van der Waals surface area contributed by atoms with E-state index >= 15 is 0 Å². The van der Waals surface area contributed by atoms with Gasteiger partial charge in [-0.15, -0.1) is 0 Å². The summed E-state index contributed by atoms with van der Waals surface area (Å²) in [6, 6.07) is 6.74. The number of aryl methyl sites for hydroxylation is 1. The fraction of sp³-hybridized carbons (Fsp3) is 0.500. The Morgan fingerprint density at radius 2 is 2.29 bits per heavy atom. The number of nitrogens with zero attached hydrogens (tertiary/aromatic N) is 1. The zero-order valence-corrected chi connectivity index (χ0v) is 8.79. The molecule has 0 bridgehead atoms. The van der Waals surface area contributed by atoms with Crippen molar-refractivity contribution in [3.63, 3.8) is 0 Å². The van der Waals surface area contributed by atoms with E-state index in [4.69, 9.17) is 5.73 Å². The maximum absolute atomic E-state index is 5.52. The summed E-state index contributed by atoms with van der Waals surface area (Å²) in [5.74, 6) is 0. The Labute approximate surface area is 85.7 Å². The molecule has 0 unspecified atom stereocenters. The highest BCUT2D eigenvalue weighted by molar-refractivity contribution is 5.58. The first-order valence-electron chi connectivity index (χ1n) is 5.36. The molecule has 0 radical (unpaired) electrons. The molecule has 2 N–H and O–H groups in total. The standard InChI is InChI=1S/C12H18N2/c1-10-3-4-12-11(9-10)5-8-14(12)7-2-6-13/h3-4,9H,2,5-8,13H2,1H3. The molecule has 1 heterocycles. The fourth-order valence-corrected chi connectivity index (χ4v) is 2.11. The summed E-state index contributed by atoms with van der Waals surface area (Å²) >= 11 is 0. The third kappa shape index (κ3) is 1.75. The van der Waals surface area contributed by atoms with Gasteiger partial charge >= 0.3 is 0 Å². The zero-order chi connectivity index (χ0) is 9.97. The van der Waals surface area contributed by atoms with Crippen LogP contribution in [0.1, 0.15) is 17.5 Å². The minimum absolute atomic E-state index is 0.789. The van der Waals surface area contributed by atoms with Crippen molar-refractivity contribution in [1.82, 2.24) is 0 Å². The second kappa shape index (κ2) is 4.01. The smallest absolute Gasteiger partial charge is 0.0399 e. The Bertz CT molecular complexity index is 320. The Morgan fingerprint density at radius 3 is 3.07 bits per heavy atom. The molecule has 2 heteroatoms. The molecule has 1 aromatic rings. The van der Waals surface area contributed by atoms with Gasteiger partial charge in [0.05, 0.1) is 0 Å². The summed E-state index contributed by atoms with van der Waals surface area (Å²) in [6.07, 6.45) is 2.29. The van der Waals surface area contributed by atoms with E-state index in [1.807, 2.05) is 0 Å². The van der Waals surface area contributed by atoms with Gasteiger partial charge in [0, 0.05) is 18.8 Å². The van der Waals surface area contributed by atoms with Crippen molar-refractivity contribution in [3.8, 4) is 0 Å². The Morgan fingerprint density at radius 1 is 1.43 bits per heavy atom. The molecule has 1 aliphatic heterocycles. The van der Waals surface area contributed by atoms with Crippen LogP contribution in [0.15, 0.2) is 18.2 Å². The van der Waals surface area contributed by atoms with Crippen molar-refractivity contribution < 1.29 is 0 Å². The highest BCUT2D eigenvalue weighted by atomic mass is 15.1. The third-order valence-corrected chi connectivity index (χ3v) is 2.86. The lowest BCUT2D eigenvalue weighted by atomic mass is 10.1. The topological polar surface area (TPSA) is 29.3 Å². The molecule has 2 nitrogen and oxygen atoms in total. The molecule has 0 saturated heterocycles. The minimum atomic E-state index is 0.789. The van der Waals surface area contributed by atoms with Gasteiger partial charge in [-0.2, -0.15) is 0 Å². The predicted molar refractivity (Wildman–Crippen MR) is 60.8 cm³/mol. The van der Waals surface area contributed by atoms with Crippen LogP contribution in [0.5, 0.6) is 0 Å². The Balaban J connectivity index is 2.14. The average Bonchev–Trinajstić information content (AvgIpc) is 2.57. The van der Waals surface area contributed by atoms with Gasteiger partial charge in [0.25, 0.3) is 0 Å². The highest BCUT2D eigenvalue weighted by Gasteiger charge is 2.17. The van der Waals surface area contributed by atoms with Crippen LogP contribution >= 0.6 is 0 Å². The van der Waals surface area contributed by atoms with E-state index in [9.17, 15) is 0 Å².